The summed E-state index contributed by atoms with van der Waals surface area (Å²) in [6, 6.07) is 7.46. The van der Waals surface area contributed by atoms with Gasteiger partial charge in [-0.3, -0.25) is 0 Å². The minimum absolute atomic E-state index is 0.112. The number of aromatic nitrogens is 2. The van der Waals surface area contributed by atoms with Crippen molar-refractivity contribution in [2.45, 2.75) is 30.3 Å². The van der Waals surface area contributed by atoms with E-state index in [-0.39, 0.29) is 16.2 Å². The minimum atomic E-state index is -3.77. The molecule has 1 saturated carbocycles. The summed E-state index contributed by atoms with van der Waals surface area (Å²) in [6.45, 7) is 0. The van der Waals surface area contributed by atoms with Crippen molar-refractivity contribution in [3.8, 4) is 0 Å². The van der Waals surface area contributed by atoms with Crippen LogP contribution >= 0.6 is 27.5 Å². The SMILES string of the molecule is Cn1cnc(S(=O)(=O)N[C@H](c2ccc(Br)cc2)C2CCC2)c1Cl. The molecule has 2 aromatic rings. The lowest BCUT2D eigenvalue weighted by atomic mass is 9.77. The molecule has 1 aliphatic carbocycles. The van der Waals surface area contributed by atoms with Crippen molar-refractivity contribution in [2.75, 3.05) is 0 Å². The molecular formula is C15H17BrClN3O2S. The van der Waals surface area contributed by atoms with Gasteiger partial charge in [-0.15, -0.1) is 0 Å². The Bertz CT molecular complexity index is 801. The predicted molar refractivity (Wildman–Crippen MR) is 92.8 cm³/mol. The molecule has 0 amide bonds. The number of nitrogens with one attached hydrogen (secondary N) is 1. The molecule has 1 aromatic heterocycles. The fraction of sp³-hybridized carbons (Fsp3) is 0.400. The van der Waals surface area contributed by atoms with Crippen LogP contribution in [0.4, 0.5) is 0 Å². The molecule has 5 nitrogen and oxygen atoms in total. The molecule has 23 heavy (non-hydrogen) atoms. The summed E-state index contributed by atoms with van der Waals surface area (Å²) in [6.07, 6.45) is 4.55. The smallest absolute Gasteiger partial charge is 0.261 e. The molecule has 124 valence electrons. The highest BCUT2D eigenvalue weighted by Crippen LogP contribution is 2.39. The first-order valence-corrected chi connectivity index (χ1v) is 9.98. The maximum atomic E-state index is 12.7. The third kappa shape index (κ3) is 3.47. The van der Waals surface area contributed by atoms with Crippen LogP contribution in [-0.4, -0.2) is 18.0 Å². The molecule has 0 radical (unpaired) electrons. The number of aryl methyl sites for hydroxylation is 1. The van der Waals surface area contributed by atoms with Crippen LogP contribution in [0.15, 0.2) is 40.1 Å². The van der Waals surface area contributed by atoms with Gasteiger partial charge in [-0.2, -0.15) is 0 Å². The summed E-state index contributed by atoms with van der Waals surface area (Å²) in [7, 11) is -2.12. The average molecular weight is 419 g/mol. The molecule has 1 atom stereocenters. The van der Waals surface area contributed by atoms with Crippen LogP contribution in [0.5, 0.6) is 0 Å². The molecule has 1 aliphatic rings. The number of hydrogen-bond acceptors (Lipinski definition) is 3. The zero-order valence-corrected chi connectivity index (χ0v) is 15.7. The summed E-state index contributed by atoms with van der Waals surface area (Å²) < 4.78 is 30.6. The van der Waals surface area contributed by atoms with Crippen LogP contribution in [0.3, 0.4) is 0 Å². The van der Waals surface area contributed by atoms with E-state index in [9.17, 15) is 8.42 Å². The number of nitrogens with zero attached hydrogens (tertiary/aromatic N) is 2. The van der Waals surface area contributed by atoms with Gasteiger partial charge in [0.1, 0.15) is 5.15 Å². The molecule has 3 rings (SSSR count). The van der Waals surface area contributed by atoms with Gasteiger partial charge in [-0.25, -0.2) is 18.1 Å². The quantitative estimate of drug-likeness (QED) is 0.806. The third-order valence-electron chi connectivity index (χ3n) is 4.22. The molecule has 0 spiro atoms. The number of halogens is 2. The molecule has 0 saturated heterocycles. The maximum Gasteiger partial charge on any atom is 0.261 e. The Hall–Kier alpha value is -0.890. The number of imidazole rings is 1. The summed E-state index contributed by atoms with van der Waals surface area (Å²) in [5.41, 5.74) is 0.952. The van der Waals surface area contributed by atoms with Gasteiger partial charge in [0.25, 0.3) is 10.0 Å². The van der Waals surface area contributed by atoms with Crippen molar-refractivity contribution in [2.24, 2.45) is 13.0 Å². The first kappa shape index (κ1) is 17.0. The van der Waals surface area contributed by atoms with E-state index in [1.165, 1.54) is 10.9 Å². The monoisotopic (exact) mass is 417 g/mol. The largest absolute Gasteiger partial charge is 0.324 e. The zero-order valence-electron chi connectivity index (χ0n) is 12.5. The maximum absolute atomic E-state index is 12.7. The van der Waals surface area contributed by atoms with Gasteiger partial charge < -0.3 is 4.57 Å². The lowest BCUT2D eigenvalue weighted by molar-refractivity contribution is 0.251. The molecule has 1 N–H and O–H groups in total. The Labute approximate surface area is 149 Å². The van der Waals surface area contributed by atoms with E-state index >= 15 is 0 Å². The van der Waals surface area contributed by atoms with E-state index in [4.69, 9.17) is 11.6 Å². The summed E-state index contributed by atoms with van der Waals surface area (Å²) >= 11 is 9.45. The molecular weight excluding hydrogens is 402 g/mol. The van der Waals surface area contributed by atoms with E-state index < -0.39 is 10.0 Å². The number of sulfonamides is 1. The van der Waals surface area contributed by atoms with Crippen molar-refractivity contribution in [1.82, 2.24) is 14.3 Å². The van der Waals surface area contributed by atoms with Crippen LogP contribution in [0.25, 0.3) is 0 Å². The van der Waals surface area contributed by atoms with Crippen molar-refractivity contribution in [1.29, 1.82) is 0 Å². The van der Waals surface area contributed by atoms with Crippen LogP contribution < -0.4 is 4.72 Å². The number of hydrogen-bond donors (Lipinski definition) is 1. The van der Waals surface area contributed by atoms with E-state index in [0.717, 1.165) is 29.3 Å². The minimum Gasteiger partial charge on any atom is -0.324 e. The van der Waals surface area contributed by atoms with Gasteiger partial charge in [-0.05, 0) is 36.5 Å². The van der Waals surface area contributed by atoms with Gasteiger partial charge in [0, 0.05) is 17.6 Å². The summed E-state index contributed by atoms with van der Waals surface area (Å²) in [4.78, 5) is 3.92. The Balaban J connectivity index is 1.92. The molecule has 0 aliphatic heterocycles. The lowest BCUT2D eigenvalue weighted by Gasteiger charge is -2.34. The number of benzene rings is 1. The standard InChI is InChI=1S/C15H17BrClN3O2S/c1-20-9-18-15(14(20)17)23(21,22)19-13(10-3-2-4-10)11-5-7-12(16)8-6-11/h5-10,13,19H,2-4H2,1H3/t13-/m0/s1. The van der Waals surface area contributed by atoms with Crippen molar-refractivity contribution >= 4 is 37.6 Å². The Morgan fingerprint density at radius 2 is 2.00 bits per heavy atom. The van der Waals surface area contributed by atoms with E-state index in [1.807, 2.05) is 24.3 Å². The van der Waals surface area contributed by atoms with Crippen molar-refractivity contribution < 1.29 is 8.42 Å². The van der Waals surface area contributed by atoms with Crippen LogP contribution in [0, 0.1) is 5.92 Å². The Kier molecular flexibility index (Phi) is 4.83. The second-order valence-corrected chi connectivity index (χ2v) is 8.70. The summed E-state index contributed by atoms with van der Waals surface area (Å²) in [5, 5.41) is -0.0104. The molecule has 8 heteroatoms. The number of rotatable bonds is 5. The summed E-state index contributed by atoms with van der Waals surface area (Å²) in [5.74, 6) is 0.299. The second kappa shape index (κ2) is 6.55. The van der Waals surface area contributed by atoms with Gasteiger partial charge in [0.05, 0.1) is 6.33 Å². The van der Waals surface area contributed by atoms with E-state index in [0.29, 0.717) is 5.92 Å². The van der Waals surface area contributed by atoms with Crippen LogP contribution in [0.2, 0.25) is 5.15 Å². The van der Waals surface area contributed by atoms with Crippen molar-refractivity contribution in [3.63, 3.8) is 0 Å². The fourth-order valence-corrected chi connectivity index (χ4v) is 4.66. The van der Waals surface area contributed by atoms with Gasteiger partial charge in [0.2, 0.25) is 5.03 Å². The topological polar surface area (TPSA) is 64.0 Å². The molecule has 1 heterocycles. The van der Waals surface area contributed by atoms with Gasteiger partial charge in [0.15, 0.2) is 0 Å². The van der Waals surface area contributed by atoms with Crippen molar-refractivity contribution in [3.05, 3.63) is 45.8 Å². The first-order valence-electron chi connectivity index (χ1n) is 7.33. The highest BCUT2D eigenvalue weighted by Gasteiger charge is 2.34. The molecule has 0 unspecified atom stereocenters. The predicted octanol–water partition coefficient (Wildman–Crippen LogP) is 3.66. The second-order valence-electron chi connectivity index (χ2n) is 5.79. The third-order valence-corrected chi connectivity index (χ3v) is 6.68. The highest BCUT2D eigenvalue weighted by molar-refractivity contribution is 9.10. The van der Waals surface area contributed by atoms with E-state index in [2.05, 4.69) is 25.6 Å². The molecule has 1 fully saturated rings. The Morgan fingerprint density at radius 1 is 1.35 bits per heavy atom. The zero-order chi connectivity index (χ0) is 16.6. The lowest BCUT2D eigenvalue weighted by Crippen LogP contribution is -2.36. The van der Waals surface area contributed by atoms with E-state index in [1.54, 1.807) is 7.05 Å². The van der Waals surface area contributed by atoms with Crippen LogP contribution in [0.1, 0.15) is 30.9 Å². The normalized spacial score (nSPS) is 17.0. The molecule has 1 aromatic carbocycles. The van der Waals surface area contributed by atoms with Crippen LogP contribution in [-0.2, 0) is 17.1 Å². The average Bonchev–Trinajstić information content (AvgIpc) is 2.78. The van der Waals surface area contributed by atoms with Gasteiger partial charge >= 0.3 is 0 Å². The first-order chi connectivity index (χ1) is 10.9. The van der Waals surface area contributed by atoms with Gasteiger partial charge in [-0.1, -0.05) is 46.1 Å². The Morgan fingerprint density at radius 3 is 2.48 bits per heavy atom. The molecule has 0 bridgehead atoms. The highest BCUT2D eigenvalue weighted by atomic mass is 79.9. The fourth-order valence-electron chi connectivity index (χ4n) is 2.68.